The van der Waals surface area contributed by atoms with Crippen LogP contribution < -0.4 is 24.4 Å². The molecule has 0 fully saturated rings. The quantitative estimate of drug-likeness (QED) is 0.426. The number of nitrogens with one attached hydrogen (secondary N) is 1. The van der Waals surface area contributed by atoms with Gasteiger partial charge in [-0.15, -0.1) is 0 Å². The van der Waals surface area contributed by atoms with Crippen LogP contribution in [0.2, 0.25) is 0 Å². The minimum absolute atomic E-state index is 0.123. The Morgan fingerprint density at radius 1 is 0.882 bits per heavy atom. The zero-order chi connectivity index (χ0) is 24.3. The van der Waals surface area contributed by atoms with Gasteiger partial charge in [0, 0.05) is 23.5 Å². The Morgan fingerprint density at radius 3 is 2.26 bits per heavy atom. The number of rotatable bonds is 11. The van der Waals surface area contributed by atoms with Gasteiger partial charge in [-0.05, 0) is 61.0 Å². The molecule has 0 spiro atoms. The van der Waals surface area contributed by atoms with E-state index in [0.717, 1.165) is 18.5 Å². The van der Waals surface area contributed by atoms with Crippen molar-refractivity contribution in [2.24, 2.45) is 0 Å². The lowest BCUT2D eigenvalue weighted by atomic mass is 10.1. The van der Waals surface area contributed by atoms with E-state index in [1.54, 1.807) is 54.5 Å². The number of nitrogens with zero attached hydrogens (tertiary/aromatic N) is 1. The summed E-state index contributed by atoms with van der Waals surface area (Å²) < 4.78 is 16.2. The summed E-state index contributed by atoms with van der Waals surface area (Å²) >= 11 is 0. The molecule has 3 rings (SSSR count). The van der Waals surface area contributed by atoms with E-state index >= 15 is 0 Å². The van der Waals surface area contributed by atoms with Crippen LogP contribution in [0.3, 0.4) is 0 Å². The summed E-state index contributed by atoms with van der Waals surface area (Å²) in [6, 6.07) is 21.6. The second-order valence-corrected chi connectivity index (χ2v) is 7.58. The molecule has 1 N–H and O–H groups in total. The highest BCUT2D eigenvalue weighted by Gasteiger charge is 2.19. The Morgan fingerprint density at radius 2 is 1.62 bits per heavy atom. The molecule has 3 aromatic carbocycles. The molecule has 0 saturated heterocycles. The molecule has 2 amide bonds. The van der Waals surface area contributed by atoms with Gasteiger partial charge < -0.3 is 24.4 Å². The molecule has 7 heteroatoms. The maximum absolute atomic E-state index is 13.3. The number of para-hydroxylation sites is 1. The topological polar surface area (TPSA) is 77.1 Å². The number of amides is 2. The number of carbonyl (C=O) groups excluding carboxylic acids is 2. The fourth-order valence-electron chi connectivity index (χ4n) is 3.36. The number of unbranched alkanes of at least 4 members (excludes halogenated alkanes) is 1. The van der Waals surface area contributed by atoms with Gasteiger partial charge in [-0.1, -0.05) is 31.5 Å². The largest absolute Gasteiger partial charge is 0.497 e. The highest BCUT2D eigenvalue weighted by atomic mass is 16.5. The molecule has 0 heterocycles. The summed E-state index contributed by atoms with van der Waals surface area (Å²) in [5.74, 6) is 1.02. The first-order valence-corrected chi connectivity index (χ1v) is 11.2. The number of anilines is 2. The molecule has 34 heavy (non-hydrogen) atoms. The van der Waals surface area contributed by atoms with Gasteiger partial charge >= 0.3 is 0 Å². The Hall–Kier alpha value is -4.00. The summed E-state index contributed by atoms with van der Waals surface area (Å²) in [4.78, 5) is 27.4. The number of methoxy groups -OCH3 is 2. The van der Waals surface area contributed by atoms with Crippen LogP contribution in [0, 0.1) is 0 Å². The molecule has 0 aliphatic rings. The van der Waals surface area contributed by atoms with Crippen molar-refractivity contribution in [3.63, 3.8) is 0 Å². The summed E-state index contributed by atoms with van der Waals surface area (Å²) in [5, 5.41) is 2.76. The van der Waals surface area contributed by atoms with Gasteiger partial charge in [-0.3, -0.25) is 9.59 Å². The third-order valence-corrected chi connectivity index (χ3v) is 5.19. The van der Waals surface area contributed by atoms with Gasteiger partial charge in [0.2, 0.25) is 0 Å². The Balaban J connectivity index is 1.68. The van der Waals surface area contributed by atoms with Crippen molar-refractivity contribution in [1.29, 1.82) is 0 Å². The maximum Gasteiger partial charge on any atom is 0.262 e. The number of benzene rings is 3. The summed E-state index contributed by atoms with van der Waals surface area (Å²) in [5.41, 5.74) is 1.96. The smallest absolute Gasteiger partial charge is 0.262 e. The van der Waals surface area contributed by atoms with E-state index in [1.165, 1.54) is 7.11 Å². The number of ether oxygens (including phenoxy) is 3. The molecule has 0 bridgehead atoms. The molecule has 0 saturated carbocycles. The lowest BCUT2D eigenvalue weighted by Gasteiger charge is -2.23. The normalized spacial score (nSPS) is 10.3. The second kappa shape index (κ2) is 12.3. The van der Waals surface area contributed by atoms with E-state index in [2.05, 4.69) is 12.2 Å². The second-order valence-electron chi connectivity index (χ2n) is 7.58. The molecule has 178 valence electrons. The number of hydrogen-bond donors (Lipinski definition) is 1. The first kappa shape index (κ1) is 24.6. The van der Waals surface area contributed by atoms with Gasteiger partial charge in [-0.2, -0.15) is 0 Å². The third-order valence-electron chi connectivity index (χ3n) is 5.19. The van der Waals surface area contributed by atoms with Crippen LogP contribution in [0.5, 0.6) is 17.2 Å². The van der Waals surface area contributed by atoms with E-state index in [0.29, 0.717) is 35.0 Å². The van der Waals surface area contributed by atoms with Crippen molar-refractivity contribution in [1.82, 2.24) is 0 Å². The van der Waals surface area contributed by atoms with Crippen molar-refractivity contribution in [3.05, 3.63) is 78.4 Å². The zero-order valence-corrected chi connectivity index (χ0v) is 19.7. The van der Waals surface area contributed by atoms with Crippen LogP contribution >= 0.6 is 0 Å². The van der Waals surface area contributed by atoms with Crippen molar-refractivity contribution in [2.45, 2.75) is 19.8 Å². The fourth-order valence-corrected chi connectivity index (χ4v) is 3.36. The third kappa shape index (κ3) is 6.51. The van der Waals surface area contributed by atoms with Gasteiger partial charge in [0.15, 0.2) is 18.1 Å². The van der Waals surface area contributed by atoms with Crippen molar-refractivity contribution in [2.75, 3.05) is 37.6 Å². The molecule has 7 nitrogen and oxygen atoms in total. The average molecular weight is 463 g/mol. The molecule has 0 aliphatic carbocycles. The Labute approximate surface area is 200 Å². The minimum atomic E-state index is -0.317. The molecular weight excluding hydrogens is 432 g/mol. The lowest BCUT2D eigenvalue weighted by Crippen LogP contribution is -2.31. The lowest BCUT2D eigenvalue weighted by molar-refractivity contribution is -0.118. The van der Waals surface area contributed by atoms with Crippen LogP contribution in [0.25, 0.3) is 0 Å². The van der Waals surface area contributed by atoms with Crippen LogP contribution in [-0.4, -0.2) is 39.2 Å². The molecule has 0 aliphatic heterocycles. The van der Waals surface area contributed by atoms with Gasteiger partial charge in [-0.25, -0.2) is 0 Å². The summed E-state index contributed by atoms with van der Waals surface area (Å²) in [6.45, 7) is 2.50. The first-order chi connectivity index (χ1) is 16.5. The zero-order valence-electron chi connectivity index (χ0n) is 19.7. The number of carbonyl (C=O) groups is 2. The molecule has 3 aromatic rings. The predicted molar refractivity (Wildman–Crippen MR) is 133 cm³/mol. The average Bonchev–Trinajstić information content (AvgIpc) is 2.88. The van der Waals surface area contributed by atoms with E-state index in [-0.39, 0.29) is 18.4 Å². The summed E-state index contributed by atoms with van der Waals surface area (Å²) in [6.07, 6.45) is 1.87. The minimum Gasteiger partial charge on any atom is -0.497 e. The molecule has 0 radical (unpaired) electrons. The fraction of sp³-hybridized carbons (Fsp3) is 0.259. The highest BCUT2D eigenvalue weighted by molar-refractivity contribution is 6.06. The summed E-state index contributed by atoms with van der Waals surface area (Å²) in [7, 11) is 3.08. The van der Waals surface area contributed by atoms with Crippen LogP contribution in [-0.2, 0) is 4.79 Å². The van der Waals surface area contributed by atoms with E-state index in [4.69, 9.17) is 14.2 Å². The first-order valence-electron chi connectivity index (χ1n) is 11.2. The van der Waals surface area contributed by atoms with E-state index in [9.17, 15) is 9.59 Å². The van der Waals surface area contributed by atoms with Crippen molar-refractivity contribution >= 4 is 23.2 Å². The number of hydrogen-bond acceptors (Lipinski definition) is 5. The van der Waals surface area contributed by atoms with Crippen molar-refractivity contribution < 1.29 is 23.8 Å². The molecule has 0 aromatic heterocycles. The monoisotopic (exact) mass is 462 g/mol. The van der Waals surface area contributed by atoms with E-state index < -0.39 is 0 Å². The Kier molecular flexibility index (Phi) is 8.91. The predicted octanol–water partition coefficient (Wildman–Crippen LogP) is 5.17. The molecule has 0 atom stereocenters. The van der Waals surface area contributed by atoms with Gasteiger partial charge in [0.05, 0.1) is 14.2 Å². The van der Waals surface area contributed by atoms with Gasteiger partial charge in [0.25, 0.3) is 11.8 Å². The SMILES string of the molecule is CCCCN(C(=O)c1ccc(OCC(=O)Nc2ccc(OC)cc2)c(OC)c1)c1ccccc1. The molecular formula is C27H30N2O5. The van der Waals surface area contributed by atoms with E-state index in [1.807, 2.05) is 30.3 Å². The highest BCUT2D eigenvalue weighted by Crippen LogP contribution is 2.29. The standard InChI is InChI=1S/C27H30N2O5/c1-4-5-17-29(22-9-7-6-8-10-22)27(31)20-11-16-24(25(18-20)33-3)34-19-26(30)28-21-12-14-23(32-2)15-13-21/h6-16,18H,4-5,17,19H2,1-3H3,(H,28,30). The molecule has 0 unspecified atom stereocenters. The van der Waals surface area contributed by atoms with Crippen LogP contribution in [0.4, 0.5) is 11.4 Å². The van der Waals surface area contributed by atoms with Crippen LogP contribution in [0.15, 0.2) is 72.8 Å². The maximum atomic E-state index is 13.3. The Bertz CT molecular complexity index is 1080. The van der Waals surface area contributed by atoms with Gasteiger partial charge in [0.1, 0.15) is 5.75 Å². The van der Waals surface area contributed by atoms with Crippen molar-refractivity contribution in [3.8, 4) is 17.2 Å². The van der Waals surface area contributed by atoms with Crippen LogP contribution in [0.1, 0.15) is 30.1 Å².